The Balaban J connectivity index is 1.82. The molecule has 126 valence electrons. The van der Waals surface area contributed by atoms with Gasteiger partial charge in [-0.15, -0.1) is 0 Å². The van der Waals surface area contributed by atoms with Crippen molar-refractivity contribution in [3.05, 3.63) is 28.8 Å². The maximum atomic E-state index is 12.0. The van der Waals surface area contributed by atoms with Gasteiger partial charge in [-0.25, -0.2) is 4.79 Å². The Morgan fingerprint density at radius 3 is 2.78 bits per heavy atom. The lowest BCUT2D eigenvalue weighted by Crippen LogP contribution is -2.19. The molecule has 6 heteroatoms. The highest BCUT2D eigenvalue weighted by Crippen LogP contribution is 2.21. The lowest BCUT2D eigenvalue weighted by molar-refractivity contribution is -0.117. The summed E-state index contributed by atoms with van der Waals surface area (Å²) < 4.78 is 10.9. The third kappa shape index (κ3) is 5.04. The molecule has 2 N–H and O–H groups in total. The zero-order chi connectivity index (χ0) is 16.8. The molecule has 1 saturated heterocycles. The minimum Gasteiger partial charge on any atom is -0.478 e. The van der Waals surface area contributed by atoms with Crippen LogP contribution in [0.2, 0.25) is 0 Å². The SMILES string of the molecule is Cc1cc(C)c(C(=O)O)cc1NC(=O)CCOCC1CCCO1. The maximum absolute atomic E-state index is 12.0. The summed E-state index contributed by atoms with van der Waals surface area (Å²) in [5, 5.41) is 11.9. The number of nitrogens with one attached hydrogen (secondary N) is 1. The number of carbonyl (C=O) groups is 2. The summed E-state index contributed by atoms with van der Waals surface area (Å²) >= 11 is 0. The summed E-state index contributed by atoms with van der Waals surface area (Å²) in [5.41, 5.74) is 2.23. The van der Waals surface area contributed by atoms with Crippen molar-refractivity contribution < 1.29 is 24.2 Å². The Morgan fingerprint density at radius 2 is 2.13 bits per heavy atom. The van der Waals surface area contributed by atoms with Crippen LogP contribution in [0.3, 0.4) is 0 Å². The smallest absolute Gasteiger partial charge is 0.336 e. The van der Waals surface area contributed by atoms with Gasteiger partial charge in [-0.05, 0) is 43.9 Å². The lowest BCUT2D eigenvalue weighted by atomic mass is 10.0. The van der Waals surface area contributed by atoms with Crippen LogP contribution in [0.15, 0.2) is 12.1 Å². The average molecular weight is 321 g/mol. The number of aryl methyl sites for hydroxylation is 2. The fraction of sp³-hybridized carbons (Fsp3) is 0.529. The summed E-state index contributed by atoms with van der Waals surface area (Å²) in [6.07, 6.45) is 2.44. The van der Waals surface area contributed by atoms with Gasteiger partial charge < -0.3 is 19.9 Å². The van der Waals surface area contributed by atoms with Crippen LogP contribution < -0.4 is 5.32 Å². The molecule has 1 fully saturated rings. The fourth-order valence-corrected chi connectivity index (χ4v) is 2.59. The second kappa shape index (κ2) is 8.08. The first-order valence-electron chi connectivity index (χ1n) is 7.81. The van der Waals surface area contributed by atoms with Crippen molar-refractivity contribution >= 4 is 17.6 Å². The number of aromatic carboxylic acids is 1. The predicted molar refractivity (Wildman–Crippen MR) is 85.9 cm³/mol. The Kier molecular flexibility index (Phi) is 6.12. The Labute approximate surface area is 135 Å². The number of amides is 1. The van der Waals surface area contributed by atoms with E-state index >= 15 is 0 Å². The number of ether oxygens (including phenoxy) is 2. The number of hydrogen-bond acceptors (Lipinski definition) is 4. The van der Waals surface area contributed by atoms with Gasteiger partial charge in [0.1, 0.15) is 0 Å². The zero-order valence-corrected chi connectivity index (χ0v) is 13.6. The monoisotopic (exact) mass is 321 g/mol. The van der Waals surface area contributed by atoms with Crippen molar-refractivity contribution in [3.8, 4) is 0 Å². The van der Waals surface area contributed by atoms with Crippen LogP contribution in [0, 0.1) is 13.8 Å². The zero-order valence-electron chi connectivity index (χ0n) is 13.6. The van der Waals surface area contributed by atoms with Gasteiger partial charge in [0.2, 0.25) is 5.91 Å². The molecule has 1 aromatic rings. The second-order valence-corrected chi connectivity index (χ2v) is 5.80. The van der Waals surface area contributed by atoms with Crippen LogP contribution >= 0.6 is 0 Å². The van der Waals surface area contributed by atoms with E-state index in [1.165, 1.54) is 6.07 Å². The highest BCUT2D eigenvalue weighted by Gasteiger charge is 2.16. The van der Waals surface area contributed by atoms with Gasteiger partial charge in [-0.1, -0.05) is 6.07 Å². The number of anilines is 1. The summed E-state index contributed by atoms with van der Waals surface area (Å²) in [7, 11) is 0. The molecule has 0 aliphatic carbocycles. The number of hydrogen-bond donors (Lipinski definition) is 2. The van der Waals surface area contributed by atoms with Crippen LogP contribution in [0.25, 0.3) is 0 Å². The quantitative estimate of drug-likeness (QED) is 0.754. The predicted octanol–water partition coefficient (Wildman–Crippen LogP) is 2.53. The second-order valence-electron chi connectivity index (χ2n) is 5.80. The number of carboxylic acids is 1. The van der Waals surface area contributed by atoms with Gasteiger partial charge in [-0.3, -0.25) is 4.79 Å². The van der Waals surface area contributed by atoms with Gasteiger partial charge in [0.05, 0.1) is 31.3 Å². The van der Waals surface area contributed by atoms with Crippen LogP contribution in [0.5, 0.6) is 0 Å². The molecular formula is C17H23NO5. The average Bonchev–Trinajstić information content (AvgIpc) is 2.99. The van der Waals surface area contributed by atoms with Crippen molar-refractivity contribution in [1.29, 1.82) is 0 Å². The molecule has 1 amide bonds. The molecule has 1 aliphatic heterocycles. The van der Waals surface area contributed by atoms with Gasteiger partial charge in [-0.2, -0.15) is 0 Å². The molecule has 2 rings (SSSR count). The highest BCUT2D eigenvalue weighted by molar-refractivity contribution is 5.95. The van der Waals surface area contributed by atoms with E-state index in [9.17, 15) is 9.59 Å². The van der Waals surface area contributed by atoms with Gasteiger partial charge in [0.15, 0.2) is 0 Å². The molecule has 1 unspecified atom stereocenters. The molecule has 1 aromatic carbocycles. The van der Waals surface area contributed by atoms with Crippen molar-refractivity contribution in [2.75, 3.05) is 25.1 Å². The Bertz CT molecular complexity index is 579. The minimum absolute atomic E-state index is 0.149. The van der Waals surface area contributed by atoms with Crippen LogP contribution in [0.1, 0.15) is 40.7 Å². The fourth-order valence-electron chi connectivity index (χ4n) is 2.59. The van der Waals surface area contributed by atoms with E-state index < -0.39 is 5.97 Å². The summed E-state index contributed by atoms with van der Waals surface area (Å²) in [6, 6.07) is 3.26. The topological polar surface area (TPSA) is 84.9 Å². The molecule has 1 heterocycles. The van der Waals surface area contributed by atoms with Crippen LogP contribution in [0.4, 0.5) is 5.69 Å². The van der Waals surface area contributed by atoms with E-state index in [2.05, 4.69) is 5.32 Å². The van der Waals surface area contributed by atoms with Crippen molar-refractivity contribution in [1.82, 2.24) is 0 Å². The molecule has 0 bridgehead atoms. The molecule has 0 spiro atoms. The van der Waals surface area contributed by atoms with E-state index in [0.29, 0.717) is 24.5 Å². The molecule has 1 atom stereocenters. The summed E-state index contributed by atoms with van der Waals surface area (Å²) in [6.45, 7) is 5.19. The number of rotatable bonds is 7. The normalized spacial score (nSPS) is 17.2. The molecule has 1 aliphatic rings. The lowest BCUT2D eigenvalue weighted by Gasteiger charge is -2.12. The third-order valence-corrected chi connectivity index (χ3v) is 3.88. The van der Waals surface area contributed by atoms with E-state index in [0.717, 1.165) is 25.0 Å². The van der Waals surface area contributed by atoms with E-state index in [1.54, 1.807) is 13.0 Å². The molecular weight excluding hydrogens is 298 g/mol. The first-order chi connectivity index (χ1) is 11.0. The molecule has 0 aromatic heterocycles. The van der Waals surface area contributed by atoms with Crippen molar-refractivity contribution in [3.63, 3.8) is 0 Å². The Hall–Kier alpha value is -1.92. The van der Waals surface area contributed by atoms with Crippen LogP contribution in [-0.2, 0) is 14.3 Å². The summed E-state index contributed by atoms with van der Waals surface area (Å²) in [5.74, 6) is -1.20. The van der Waals surface area contributed by atoms with E-state index in [1.807, 2.05) is 6.92 Å². The van der Waals surface area contributed by atoms with E-state index in [-0.39, 0.29) is 24.0 Å². The van der Waals surface area contributed by atoms with Gasteiger partial charge in [0.25, 0.3) is 0 Å². The third-order valence-electron chi connectivity index (χ3n) is 3.88. The first-order valence-corrected chi connectivity index (χ1v) is 7.81. The van der Waals surface area contributed by atoms with Gasteiger partial charge in [0, 0.05) is 12.3 Å². The molecule has 6 nitrogen and oxygen atoms in total. The largest absolute Gasteiger partial charge is 0.478 e. The Morgan fingerprint density at radius 1 is 1.35 bits per heavy atom. The van der Waals surface area contributed by atoms with Crippen molar-refractivity contribution in [2.45, 2.75) is 39.2 Å². The first kappa shape index (κ1) is 17.4. The number of carboxylic acid groups (broad SMARTS) is 1. The molecule has 0 saturated carbocycles. The number of carbonyl (C=O) groups excluding carboxylic acids is 1. The maximum Gasteiger partial charge on any atom is 0.336 e. The molecule has 0 radical (unpaired) electrons. The van der Waals surface area contributed by atoms with E-state index in [4.69, 9.17) is 14.6 Å². The molecule has 23 heavy (non-hydrogen) atoms. The van der Waals surface area contributed by atoms with Gasteiger partial charge >= 0.3 is 5.97 Å². The number of benzene rings is 1. The summed E-state index contributed by atoms with van der Waals surface area (Å²) in [4.78, 5) is 23.1. The van der Waals surface area contributed by atoms with Crippen molar-refractivity contribution in [2.24, 2.45) is 0 Å². The minimum atomic E-state index is -1.00. The van der Waals surface area contributed by atoms with Crippen LogP contribution in [-0.4, -0.2) is 42.9 Å². The standard InChI is InChI=1S/C17H23NO5/c1-11-8-12(2)15(9-14(11)17(20)21)18-16(19)5-7-22-10-13-4-3-6-23-13/h8-9,13H,3-7,10H2,1-2H3,(H,18,19)(H,20,21). The highest BCUT2D eigenvalue weighted by atomic mass is 16.5.